The van der Waals surface area contributed by atoms with Gasteiger partial charge in [-0.3, -0.25) is 4.79 Å². The van der Waals surface area contributed by atoms with E-state index in [1.807, 2.05) is 39.0 Å². The maximum absolute atomic E-state index is 11.8. The molecule has 8 heteroatoms. The van der Waals surface area contributed by atoms with Crippen LogP contribution in [-0.4, -0.2) is 46.3 Å². The fourth-order valence-corrected chi connectivity index (χ4v) is 3.79. The van der Waals surface area contributed by atoms with E-state index in [0.717, 1.165) is 47.4 Å². The minimum Gasteiger partial charge on any atom is -0.382 e. The SMILES string of the molecule is CCOCc1nc2c(N)nc3cc(N4CCC4=O)ccc3c2n1CCCOC(C)C. The van der Waals surface area contributed by atoms with Crippen molar-refractivity contribution in [2.75, 3.05) is 30.4 Å². The number of amides is 1. The molecule has 3 aromatic rings. The average Bonchev–Trinajstić information content (AvgIpc) is 3.07. The standard InChI is InChI=1S/C22H29N5O3/c1-4-29-13-18-25-20-21(27(18)9-5-11-30-14(2)3)16-7-6-15(26-10-8-19(26)28)12-17(16)24-22(20)23/h6-7,12,14H,4-5,8-11,13H2,1-3H3,(H2,23,24). The smallest absolute Gasteiger partial charge is 0.228 e. The van der Waals surface area contributed by atoms with E-state index in [9.17, 15) is 4.79 Å². The second-order valence-corrected chi connectivity index (χ2v) is 7.78. The Balaban J connectivity index is 1.78. The zero-order valence-electron chi connectivity index (χ0n) is 17.9. The normalized spacial score (nSPS) is 14.3. The maximum atomic E-state index is 11.8. The minimum absolute atomic E-state index is 0.137. The summed E-state index contributed by atoms with van der Waals surface area (Å²) in [5.74, 6) is 1.36. The first-order valence-electron chi connectivity index (χ1n) is 10.6. The Morgan fingerprint density at radius 3 is 2.77 bits per heavy atom. The molecule has 0 atom stereocenters. The van der Waals surface area contributed by atoms with Gasteiger partial charge in [0.05, 0.1) is 17.1 Å². The number of hydrogen-bond donors (Lipinski definition) is 1. The zero-order valence-corrected chi connectivity index (χ0v) is 17.9. The largest absolute Gasteiger partial charge is 0.382 e. The van der Waals surface area contributed by atoms with Gasteiger partial charge in [-0.1, -0.05) is 0 Å². The highest BCUT2D eigenvalue weighted by molar-refractivity contribution is 6.08. The number of fused-ring (bicyclic) bond motifs is 3. The number of ether oxygens (including phenoxy) is 2. The van der Waals surface area contributed by atoms with Gasteiger partial charge in [-0.25, -0.2) is 9.97 Å². The Kier molecular flexibility index (Phi) is 5.87. The number of benzene rings is 1. The molecular formula is C22H29N5O3. The maximum Gasteiger partial charge on any atom is 0.228 e. The Hall–Kier alpha value is -2.71. The van der Waals surface area contributed by atoms with Gasteiger partial charge in [0.1, 0.15) is 17.9 Å². The van der Waals surface area contributed by atoms with Crippen LogP contribution in [0.1, 0.15) is 39.4 Å². The molecule has 3 heterocycles. The topological polar surface area (TPSA) is 95.5 Å². The van der Waals surface area contributed by atoms with Gasteiger partial charge in [0.25, 0.3) is 0 Å². The zero-order chi connectivity index (χ0) is 21.3. The van der Waals surface area contributed by atoms with Crippen LogP contribution in [0.15, 0.2) is 18.2 Å². The van der Waals surface area contributed by atoms with E-state index in [1.54, 1.807) is 4.90 Å². The lowest BCUT2D eigenvalue weighted by molar-refractivity contribution is -0.122. The van der Waals surface area contributed by atoms with Crippen molar-refractivity contribution in [2.45, 2.75) is 52.9 Å². The minimum atomic E-state index is 0.137. The number of β-lactam (4-membered cyclic amide) rings is 1. The summed E-state index contributed by atoms with van der Waals surface area (Å²) in [6.45, 7) is 9.23. The first kappa shape index (κ1) is 20.6. The van der Waals surface area contributed by atoms with Crippen LogP contribution in [0.2, 0.25) is 0 Å². The highest BCUT2D eigenvalue weighted by atomic mass is 16.5. The molecule has 0 unspecified atom stereocenters. The van der Waals surface area contributed by atoms with Crippen LogP contribution in [-0.2, 0) is 27.4 Å². The van der Waals surface area contributed by atoms with Crippen LogP contribution in [0.25, 0.3) is 21.9 Å². The fraction of sp³-hybridized carbons (Fsp3) is 0.500. The van der Waals surface area contributed by atoms with Crippen LogP contribution >= 0.6 is 0 Å². The van der Waals surface area contributed by atoms with Crippen molar-refractivity contribution in [1.82, 2.24) is 14.5 Å². The molecule has 30 heavy (non-hydrogen) atoms. The van der Waals surface area contributed by atoms with Crippen molar-refractivity contribution in [3.8, 4) is 0 Å². The fourth-order valence-electron chi connectivity index (χ4n) is 3.79. The number of anilines is 2. The summed E-state index contributed by atoms with van der Waals surface area (Å²) in [6, 6.07) is 5.92. The number of imidazole rings is 1. The Morgan fingerprint density at radius 1 is 1.27 bits per heavy atom. The Morgan fingerprint density at radius 2 is 2.10 bits per heavy atom. The third-order valence-electron chi connectivity index (χ3n) is 5.34. The summed E-state index contributed by atoms with van der Waals surface area (Å²) in [5.41, 5.74) is 9.56. The lowest BCUT2D eigenvalue weighted by Crippen LogP contribution is -2.43. The van der Waals surface area contributed by atoms with Crippen LogP contribution in [0, 0.1) is 0 Å². The van der Waals surface area contributed by atoms with Gasteiger partial charge < -0.3 is 24.7 Å². The van der Waals surface area contributed by atoms with E-state index < -0.39 is 0 Å². The molecule has 1 saturated heterocycles. The van der Waals surface area contributed by atoms with Gasteiger partial charge >= 0.3 is 0 Å². The summed E-state index contributed by atoms with van der Waals surface area (Å²) in [6.07, 6.45) is 1.65. The molecule has 0 aliphatic carbocycles. The van der Waals surface area contributed by atoms with Crippen molar-refractivity contribution in [3.05, 3.63) is 24.0 Å². The van der Waals surface area contributed by atoms with Crippen molar-refractivity contribution in [2.24, 2.45) is 0 Å². The van der Waals surface area contributed by atoms with E-state index in [1.165, 1.54) is 0 Å². The van der Waals surface area contributed by atoms with Gasteiger partial charge in [-0.15, -0.1) is 0 Å². The second kappa shape index (κ2) is 8.57. The number of hydrogen-bond acceptors (Lipinski definition) is 6. The molecule has 0 bridgehead atoms. The molecule has 0 radical (unpaired) electrons. The molecule has 1 aliphatic rings. The molecule has 2 aromatic heterocycles. The summed E-state index contributed by atoms with van der Waals surface area (Å²) in [5, 5.41) is 0.968. The van der Waals surface area contributed by atoms with Crippen molar-refractivity contribution >= 4 is 39.3 Å². The number of rotatable bonds is 9. The second-order valence-electron chi connectivity index (χ2n) is 7.78. The number of nitrogens with two attached hydrogens (primary N) is 1. The van der Waals surface area contributed by atoms with Gasteiger partial charge in [0.2, 0.25) is 5.91 Å². The summed E-state index contributed by atoms with van der Waals surface area (Å²) in [4.78, 5) is 22.9. The van der Waals surface area contributed by atoms with E-state index in [4.69, 9.17) is 20.2 Å². The number of nitrogen functional groups attached to an aromatic ring is 1. The average molecular weight is 412 g/mol. The quantitative estimate of drug-likeness (QED) is 0.429. The van der Waals surface area contributed by atoms with Gasteiger partial charge in [0.15, 0.2) is 5.82 Å². The summed E-state index contributed by atoms with van der Waals surface area (Å²) >= 11 is 0. The number of pyridine rings is 1. The first-order chi connectivity index (χ1) is 14.5. The molecule has 1 aliphatic heterocycles. The Bertz CT molecular complexity index is 1080. The summed E-state index contributed by atoms with van der Waals surface area (Å²) in [7, 11) is 0. The molecule has 1 aromatic carbocycles. The molecule has 160 valence electrons. The molecule has 0 saturated carbocycles. The molecule has 0 spiro atoms. The first-order valence-corrected chi connectivity index (χ1v) is 10.6. The predicted molar refractivity (Wildman–Crippen MR) is 117 cm³/mol. The van der Waals surface area contributed by atoms with Crippen LogP contribution in [0.3, 0.4) is 0 Å². The third kappa shape index (κ3) is 3.85. The van der Waals surface area contributed by atoms with Crippen LogP contribution in [0.5, 0.6) is 0 Å². The Labute approximate surface area is 176 Å². The number of nitrogens with zero attached hydrogens (tertiary/aromatic N) is 4. The van der Waals surface area contributed by atoms with E-state index in [2.05, 4.69) is 9.55 Å². The molecule has 1 amide bonds. The predicted octanol–water partition coefficient (Wildman–Crippen LogP) is 3.26. The molecule has 1 fully saturated rings. The van der Waals surface area contributed by atoms with Gasteiger partial charge in [0, 0.05) is 43.8 Å². The van der Waals surface area contributed by atoms with Gasteiger partial charge in [-0.05, 0) is 45.4 Å². The number of aromatic nitrogens is 3. The highest BCUT2D eigenvalue weighted by Crippen LogP contribution is 2.33. The lowest BCUT2D eigenvalue weighted by Gasteiger charge is -2.30. The van der Waals surface area contributed by atoms with E-state index in [0.29, 0.717) is 37.6 Å². The molecule has 4 rings (SSSR count). The third-order valence-corrected chi connectivity index (χ3v) is 5.34. The number of aryl methyl sites for hydroxylation is 1. The van der Waals surface area contributed by atoms with Crippen LogP contribution in [0.4, 0.5) is 11.5 Å². The van der Waals surface area contributed by atoms with E-state index >= 15 is 0 Å². The van der Waals surface area contributed by atoms with Crippen LogP contribution < -0.4 is 10.6 Å². The monoisotopic (exact) mass is 411 g/mol. The van der Waals surface area contributed by atoms with E-state index in [-0.39, 0.29) is 12.0 Å². The number of carbonyl (C=O) groups excluding carboxylic acids is 1. The van der Waals surface area contributed by atoms with Crippen molar-refractivity contribution in [3.63, 3.8) is 0 Å². The summed E-state index contributed by atoms with van der Waals surface area (Å²) < 4.78 is 13.5. The molecule has 8 nitrogen and oxygen atoms in total. The molecule has 2 N–H and O–H groups in total. The highest BCUT2D eigenvalue weighted by Gasteiger charge is 2.26. The van der Waals surface area contributed by atoms with Gasteiger partial charge in [-0.2, -0.15) is 0 Å². The van der Waals surface area contributed by atoms with Crippen molar-refractivity contribution < 1.29 is 14.3 Å². The van der Waals surface area contributed by atoms with Crippen molar-refractivity contribution in [1.29, 1.82) is 0 Å². The molecular weight excluding hydrogens is 382 g/mol. The lowest BCUT2D eigenvalue weighted by atomic mass is 10.1. The number of carbonyl (C=O) groups is 1.